The van der Waals surface area contributed by atoms with E-state index in [9.17, 15) is 10.2 Å². The van der Waals surface area contributed by atoms with E-state index in [1.165, 1.54) is 0 Å². The Morgan fingerprint density at radius 1 is 0.706 bits per heavy atom. The highest BCUT2D eigenvalue weighted by Crippen LogP contribution is 2.31. The van der Waals surface area contributed by atoms with Crippen LogP contribution in [-0.2, 0) is 13.1 Å². The summed E-state index contributed by atoms with van der Waals surface area (Å²) in [5.41, 5.74) is 1.53. The monoisotopic (exact) mass is 470 g/mol. The van der Waals surface area contributed by atoms with Crippen LogP contribution in [0.3, 0.4) is 0 Å². The minimum absolute atomic E-state index is 0.171. The van der Waals surface area contributed by atoms with Gasteiger partial charge in [-0.05, 0) is 38.8 Å². The van der Waals surface area contributed by atoms with E-state index in [-0.39, 0.29) is 11.5 Å². The van der Waals surface area contributed by atoms with Crippen molar-refractivity contribution in [3.63, 3.8) is 0 Å². The van der Waals surface area contributed by atoms with Gasteiger partial charge in [-0.15, -0.1) is 0 Å². The third kappa shape index (κ3) is 9.80. The van der Waals surface area contributed by atoms with Crippen LogP contribution in [0.2, 0.25) is 0 Å². The Labute approximate surface area is 202 Å². The van der Waals surface area contributed by atoms with Crippen molar-refractivity contribution < 1.29 is 19.7 Å². The van der Waals surface area contributed by atoms with E-state index in [0.717, 1.165) is 50.1 Å². The third-order valence-electron chi connectivity index (χ3n) is 4.93. The van der Waals surface area contributed by atoms with Crippen LogP contribution in [0.25, 0.3) is 0 Å². The summed E-state index contributed by atoms with van der Waals surface area (Å²) in [6, 6.07) is 10.9. The van der Waals surface area contributed by atoms with Crippen molar-refractivity contribution in [1.29, 1.82) is 0 Å². The number of hydrogen-bond acceptors (Lipinski definition) is 8. The summed E-state index contributed by atoms with van der Waals surface area (Å²) in [4.78, 5) is 8.77. The molecule has 8 nitrogen and oxygen atoms in total. The zero-order valence-electron chi connectivity index (χ0n) is 20.3. The van der Waals surface area contributed by atoms with Gasteiger partial charge in [0.25, 0.3) is 0 Å². The number of rotatable bonds is 17. The molecule has 8 heteroatoms. The lowest BCUT2D eigenvalue weighted by Crippen LogP contribution is -2.28. The number of ether oxygens (including phenoxy) is 2. The van der Waals surface area contributed by atoms with Crippen LogP contribution in [0.1, 0.15) is 37.8 Å². The van der Waals surface area contributed by atoms with E-state index >= 15 is 0 Å². The summed E-state index contributed by atoms with van der Waals surface area (Å²) in [5.74, 6) is 1.35. The molecule has 34 heavy (non-hydrogen) atoms. The van der Waals surface area contributed by atoms with Crippen molar-refractivity contribution in [1.82, 2.24) is 10.6 Å². The number of phenols is 2. The maximum atomic E-state index is 10.2. The lowest BCUT2D eigenvalue weighted by atomic mass is 10.2. The van der Waals surface area contributed by atoms with Crippen LogP contribution in [0, 0.1) is 0 Å². The van der Waals surface area contributed by atoms with Crippen LogP contribution >= 0.6 is 0 Å². The van der Waals surface area contributed by atoms with Crippen molar-refractivity contribution in [2.45, 2.75) is 39.8 Å². The van der Waals surface area contributed by atoms with E-state index in [2.05, 4.69) is 20.6 Å². The third-order valence-corrected chi connectivity index (χ3v) is 4.93. The molecule has 2 aromatic carbocycles. The fourth-order valence-corrected chi connectivity index (χ4v) is 3.20. The minimum atomic E-state index is 0.171. The number of aliphatic imine (C=N–C) groups is 2. The van der Waals surface area contributed by atoms with Crippen molar-refractivity contribution in [3.8, 4) is 23.0 Å². The second-order valence-electron chi connectivity index (χ2n) is 7.52. The second kappa shape index (κ2) is 16.5. The summed E-state index contributed by atoms with van der Waals surface area (Å²) in [5, 5.41) is 27.1. The van der Waals surface area contributed by atoms with Crippen LogP contribution in [0.4, 0.5) is 0 Å². The summed E-state index contributed by atoms with van der Waals surface area (Å²) >= 11 is 0. The molecule has 4 N–H and O–H groups in total. The standard InChI is InChI=1S/C26H38N4O4/c1-3-33-23-11-5-9-21(25(23)31)19-29-15-7-13-27-17-18-28-14-8-16-30-20-22-10-6-12-24(26(22)32)34-4-2/h5-6,9-12,15-16,27-28,31-32H,3-4,7-8,13-14,17-20H2,1-2H3. The number of aromatic hydroxyl groups is 2. The van der Waals surface area contributed by atoms with Gasteiger partial charge in [-0.3, -0.25) is 9.98 Å². The van der Waals surface area contributed by atoms with Crippen molar-refractivity contribution in [2.24, 2.45) is 9.98 Å². The quantitative estimate of drug-likeness (QED) is 0.207. The highest BCUT2D eigenvalue weighted by molar-refractivity contribution is 5.58. The molecular formula is C26H38N4O4. The molecule has 186 valence electrons. The first-order valence-corrected chi connectivity index (χ1v) is 11.9. The van der Waals surface area contributed by atoms with E-state index in [1.807, 2.05) is 50.5 Å². The van der Waals surface area contributed by atoms with Gasteiger partial charge in [-0.1, -0.05) is 24.3 Å². The normalized spacial score (nSPS) is 11.5. The molecule has 0 saturated heterocycles. The Morgan fingerprint density at radius 3 is 1.56 bits per heavy atom. The molecule has 0 atom stereocenters. The molecule has 0 spiro atoms. The zero-order valence-corrected chi connectivity index (χ0v) is 20.3. The molecule has 0 aromatic heterocycles. The summed E-state index contributed by atoms with van der Waals surface area (Å²) < 4.78 is 10.8. The van der Waals surface area contributed by atoms with Crippen LogP contribution in [0.5, 0.6) is 23.0 Å². The van der Waals surface area contributed by atoms with E-state index in [0.29, 0.717) is 37.8 Å². The molecule has 0 aliphatic heterocycles. The molecule has 0 aliphatic rings. The number of hydrogen-bond donors (Lipinski definition) is 4. The zero-order chi connectivity index (χ0) is 24.4. The number of para-hydroxylation sites is 2. The van der Waals surface area contributed by atoms with E-state index < -0.39 is 0 Å². The molecule has 0 fully saturated rings. The van der Waals surface area contributed by atoms with Gasteiger partial charge >= 0.3 is 0 Å². The van der Waals surface area contributed by atoms with Gasteiger partial charge in [0.1, 0.15) is 0 Å². The summed E-state index contributed by atoms with van der Waals surface area (Å²) in [6.07, 6.45) is 5.42. The van der Waals surface area contributed by atoms with E-state index in [1.54, 1.807) is 12.1 Å². The molecule has 2 aromatic rings. The number of nitrogens with one attached hydrogen (secondary N) is 2. The van der Waals surface area contributed by atoms with Gasteiger partial charge in [0.15, 0.2) is 23.0 Å². The number of phenolic OH excluding ortho intramolecular Hbond substituents is 2. The summed E-state index contributed by atoms with van der Waals surface area (Å²) in [6.45, 7) is 9.14. The molecule has 2 rings (SSSR count). The van der Waals surface area contributed by atoms with Gasteiger partial charge in [0.2, 0.25) is 0 Å². The number of nitrogens with zero attached hydrogens (tertiary/aromatic N) is 2. The molecule has 0 saturated carbocycles. The Balaban J connectivity index is 1.49. The van der Waals surface area contributed by atoms with Crippen molar-refractivity contribution >= 4 is 12.4 Å². The first-order chi connectivity index (χ1) is 16.7. The SMILES string of the molecule is CCOc1cccc(CN=CCCNCCNCCC=NCc2cccc(OCC)c2O)c1O. The fraction of sp³-hybridized carbons (Fsp3) is 0.462. The van der Waals surface area contributed by atoms with Gasteiger partial charge < -0.3 is 30.3 Å². The molecular weight excluding hydrogens is 432 g/mol. The highest BCUT2D eigenvalue weighted by atomic mass is 16.5. The van der Waals surface area contributed by atoms with Crippen LogP contribution in [0.15, 0.2) is 46.4 Å². The molecule has 0 heterocycles. The van der Waals surface area contributed by atoms with Crippen LogP contribution < -0.4 is 20.1 Å². The topological polar surface area (TPSA) is 108 Å². The molecule has 0 bridgehead atoms. The molecule has 0 amide bonds. The van der Waals surface area contributed by atoms with E-state index in [4.69, 9.17) is 9.47 Å². The lowest BCUT2D eigenvalue weighted by molar-refractivity contribution is 0.316. The lowest BCUT2D eigenvalue weighted by Gasteiger charge is -2.08. The fourth-order valence-electron chi connectivity index (χ4n) is 3.20. The predicted octanol–water partition coefficient (Wildman–Crippen LogP) is 3.70. The summed E-state index contributed by atoms with van der Waals surface area (Å²) in [7, 11) is 0. The first kappa shape index (κ1) is 27.1. The second-order valence-corrected chi connectivity index (χ2v) is 7.52. The Kier molecular flexibility index (Phi) is 13.2. The average Bonchev–Trinajstić information content (AvgIpc) is 2.84. The van der Waals surface area contributed by atoms with Crippen molar-refractivity contribution in [3.05, 3.63) is 47.5 Å². The smallest absolute Gasteiger partial charge is 0.162 e. The minimum Gasteiger partial charge on any atom is -0.504 e. The average molecular weight is 471 g/mol. The Morgan fingerprint density at radius 2 is 1.15 bits per heavy atom. The van der Waals surface area contributed by atoms with Crippen molar-refractivity contribution in [2.75, 3.05) is 39.4 Å². The van der Waals surface area contributed by atoms with Gasteiger partial charge in [-0.25, -0.2) is 0 Å². The largest absolute Gasteiger partial charge is 0.504 e. The van der Waals surface area contributed by atoms with Gasteiger partial charge in [0, 0.05) is 49.7 Å². The predicted molar refractivity (Wildman–Crippen MR) is 138 cm³/mol. The maximum Gasteiger partial charge on any atom is 0.162 e. The molecule has 0 unspecified atom stereocenters. The maximum absolute atomic E-state index is 10.2. The Bertz CT molecular complexity index is 829. The Hall–Kier alpha value is -3.10. The highest BCUT2D eigenvalue weighted by Gasteiger charge is 2.07. The van der Waals surface area contributed by atoms with Crippen LogP contribution in [-0.4, -0.2) is 62.0 Å². The van der Waals surface area contributed by atoms with Gasteiger partial charge in [0.05, 0.1) is 26.3 Å². The first-order valence-electron chi connectivity index (χ1n) is 11.9. The number of benzene rings is 2. The van der Waals surface area contributed by atoms with Gasteiger partial charge in [-0.2, -0.15) is 0 Å². The molecule has 0 radical (unpaired) electrons. The molecule has 0 aliphatic carbocycles.